The summed E-state index contributed by atoms with van der Waals surface area (Å²) in [6.07, 6.45) is -5.36. The van der Waals surface area contributed by atoms with Crippen molar-refractivity contribution in [2.75, 3.05) is 0 Å². The maximum Gasteiger partial charge on any atom is 0.471 e. The van der Waals surface area contributed by atoms with Gasteiger partial charge in [-0.1, -0.05) is 36.4 Å². The maximum absolute atomic E-state index is 12.3. The number of carboxylic acids is 1. The van der Waals surface area contributed by atoms with Gasteiger partial charge in [0.05, 0.1) is 0 Å². The molecule has 0 bridgehead atoms. The Bertz CT molecular complexity index is 756. The number of hydrogen-bond donors (Lipinski definition) is 2. The first kappa shape index (κ1) is 16.8. The predicted molar refractivity (Wildman–Crippen MR) is 78.0 cm³/mol. The Hall–Kier alpha value is -2.57. The molecule has 0 unspecified atom stereocenters. The number of carbonyl (C=O) groups excluding carboxylic acids is 1. The number of benzene rings is 2. The number of halogens is 3. The summed E-state index contributed by atoms with van der Waals surface area (Å²) in [4.78, 5) is 22.2. The quantitative estimate of drug-likeness (QED) is 0.908. The summed E-state index contributed by atoms with van der Waals surface area (Å²) >= 11 is 0. The van der Waals surface area contributed by atoms with Gasteiger partial charge in [-0.25, -0.2) is 4.79 Å². The van der Waals surface area contributed by atoms with E-state index in [-0.39, 0.29) is 6.42 Å². The summed E-state index contributed by atoms with van der Waals surface area (Å²) in [5, 5.41) is 12.2. The molecule has 122 valence electrons. The van der Waals surface area contributed by atoms with Gasteiger partial charge >= 0.3 is 18.1 Å². The number of carbonyl (C=O) groups is 2. The first-order valence-corrected chi connectivity index (χ1v) is 6.78. The number of fused-ring (bicyclic) bond motifs is 1. The van der Waals surface area contributed by atoms with Crippen LogP contribution in [0, 0.1) is 6.92 Å². The van der Waals surface area contributed by atoms with Crippen molar-refractivity contribution in [1.29, 1.82) is 0 Å². The Morgan fingerprint density at radius 2 is 1.74 bits per heavy atom. The molecule has 1 amide bonds. The van der Waals surface area contributed by atoms with Crippen LogP contribution in [0.3, 0.4) is 0 Å². The van der Waals surface area contributed by atoms with Crippen LogP contribution in [0.25, 0.3) is 10.8 Å². The molecule has 0 aliphatic heterocycles. The highest BCUT2D eigenvalue weighted by Gasteiger charge is 2.40. The summed E-state index contributed by atoms with van der Waals surface area (Å²) in [5.74, 6) is -3.78. The van der Waals surface area contributed by atoms with Crippen LogP contribution in [0.4, 0.5) is 13.2 Å². The summed E-state index contributed by atoms with van der Waals surface area (Å²) in [6, 6.07) is 8.96. The molecular weight excluding hydrogens is 311 g/mol. The fraction of sp³-hybridized carbons (Fsp3) is 0.250. The third-order valence-corrected chi connectivity index (χ3v) is 3.52. The van der Waals surface area contributed by atoms with Gasteiger partial charge in [-0.15, -0.1) is 0 Å². The van der Waals surface area contributed by atoms with Crippen molar-refractivity contribution >= 4 is 22.6 Å². The fourth-order valence-corrected chi connectivity index (χ4v) is 2.35. The second-order valence-electron chi connectivity index (χ2n) is 5.15. The SMILES string of the molecule is Cc1ccc(C[C@H](NC(=O)C(F)(F)F)C(=O)O)c2ccccc12. The summed E-state index contributed by atoms with van der Waals surface area (Å²) in [7, 11) is 0. The third kappa shape index (κ3) is 3.80. The van der Waals surface area contributed by atoms with E-state index in [2.05, 4.69) is 0 Å². The van der Waals surface area contributed by atoms with Crippen molar-refractivity contribution in [3.05, 3.63) is 47.5 Å². The number of aryl methyl sites for hydroxylation is 1. The van der Waals surface area contributed by atoms with Crippen LogP contribution >= 0.6 is 0 Å². The number of aliphatic carboxylic acids is 1. The Balaban J connectivity index is 2.33. The van der Waals surface area contributed by atoms with Crippen LogP contribution < -0.4 is 5.32 Å². The van der Waals surface area contributed by atoms with Gasteiger partial charge in [0, 0.05) is 6.42 Å². The zero-order valence-electron chi connectivity index (χ0n) is 12.1. The molecule has 0 saturated heterocycles. The minimum atomic E-state index is -5.12. The Labute approximate surface area is 129 Å². The minimum Gasteiger partial charge on any atom is -0.480 e. The second-order valence-corrected chi connectivity index (χ2v) is 5.15. The number of nitrogens with one attached hydrogen (secondary N) is 1. The number of alkyl halides is 3. The molecular formula is C16H14F3NO3. The van der Waals surface area contributed by atoms with Crippen LogP contribution in [-0.4, -0.2) is 29.2 Å². The Morgan fingerprint density at radius 1 is 1.13 bits per heavy atom. The summed E-state index contributed by atoms with van der Waals surface area (Å²) in [5.41, 5.74) is 1.52. The highest BCUT2D eigenvalue weighted by atomic mass is 19.4. The average Bonchev–Trinajstić information content (AvgIpc) is 2.48. The van der Waals surface area contributed by atoms with Gasteiger partial charge < -0.3 is 10.4 Å². The van der Waals surface area contributed by atoms with Crippen molar-refractivity contribution in [2.24, 2.45) is 0 Å². The van der Waals surface area contributed by atoms with Crippen molar-refractivity contribution in [1.82, 2.24) is 5.32 Å². The standard InChI is InChI=1S/C16H14F3NO3/c1-9-6-7-10(12-5-3-2-4-11(9)12)8-13(14(21)22)20-15(23)16(17,18)19/h2-7,13H,8H2,1H3,(H,20,23)(H,21,22)/t13-/m0/s1. The van der Waals surface area contributed by atoms with Gasteiger partial charge in [0.1, 0.15) is 6.04 Å². The zero-order valence-corrected chi connectivity index (χ0v) is 12.1. The van der Waals surface area contributed by atoms with Crippen molar-refractivity contribution in [3.63, 3.8) is 0 Å². The van der Waals surface area contributed by atoms with E-state index in [9.17, 15) is 22.8 Å². The van der Waals surface area contributed by atoms with Crippen LogP contribution in [0.1, 0.15) is 11.1 Å². The molecule has 0 spiro atoms. The van der Waals surface area contributed by atoms with Crippen molar-refractivity contribution in [2.45, 2.75) is 25.6 Å². The van der Waals surface area contributed by atoms with E-state index in [0.29, 0.717) is 5.56 Å². The molecule has 0 aromatic heterocycles. The first-order valence-electron chi connectivity index (χ1n) is 6.78. The van der Waals surface area contributed by atoms with Crippen LogP contribution in [0.15, 0.2) is 36.4 Å². The Morgan fingerprint density at radius 3 is 2.30 bits per heavy atom. The molecule has 4 nitrogen and oxygen atoms in total. The highest BCUT2D eigenvalue weighted by molar-refractivity contribution is 5.90. The fourth-order valence-electron chi connectivity index (χ4n) is 2.35. The van der Waals surface area contributed by atoms with E-state index in [1.807, 2.05) is 19.1 Å². The van der Waals surface area contributed by atoms with E-state index >= 15 is 0 Å². The zero-order chi connectivity index (χ0) is 17.2. The molecule has 23 heavy (non-hydrogen) atoms. The number of amides is 1. The molecule has 0 aliphatic rings. The van der Waals surface area contributed by atoms with Crippen LogP contribution in [0.5, 0.6) is 0 Å². The number of carboxylic acid groups (broad SMARTS) is 1. The average molecular weight is 325 g/mol. The molecule has 0 fully saturated rings. The second kappa shape index (κ2) is 6.28. The lowest BCUT2D eigenvalue weighted by Gasteiger charge is -2.17. The van der Waals surface area contributed by atoms with Gasteiger partial charge in [0.25, 0.3) is 0 Å². The lowest BCUT2D eigenvalue weighted by Crippen LogP contribution is -2.47. The number of hydrogen-bond acceptors (Lipinski definition) is 2. The molecule has 1 atom stereocenters. The molecule has 0 saturated carbocycles. The topological polar surface area (TPSA) is 66.4 Å². The lowest BCUT2D eigenvalue weighted by atomic mass is 9.96. The molecule has 2 rings (SSSR count). The molecule has 0 heterocycles. The van der Waals surface area contributed by atoms with Gasteiger partial charge in [0.15, 0.2) is 0 Å². The van der Waals surface area contributed by atoms with Crippen molar-refractivity contribution in [3.8, 4) is 0 Å². The summed E-state index contributed by atoms with van der Waals surface area (Å²) < 4.78 is 36.9. The smallest absolute Gasteiger partial charge is 0.471 e. The third-order valence-electron chi connectivity index (χ3n) is 3.52. The van der Waals surface area contributed by atoms with Crippen LogP contribution in [0.2, 0.25) is 0 Å². The van der Waals surface area contributed by atoms with Crippen LogP contribution in [-0.2, 0) is 16.0 Å². The molecule has 0 aliphatic carbocycles. The monoisotopic (exact) mass is 325 g/mol. The van der Waals surface area contributed by atoms with Gasteiger partial charge in [-0.3, -0.25) is 4.79 Å². The molecule has 7 heteroatoms. The van der Waals surface area contributed by atoms with Gasteiger partial charge in [0.2, 0.25) is 0 Å². The lowest BCUT2D eigenvalue weighted by molar-refractivity contribution is -0.175. The van der Waals surface area contributed by atoms with E-state index in [0.717, 1.165) is 16.3 Å². The molecule has 2 N–H and O–H groups in total. The van der Waals surface area contributed by atoms with E-state index in [1.165, 1.54) is 5.32 Å². The minimum absolute atomic E-state index is 0.238. The first-order chi connectivity index (χ1) is 10.7. The normalized spacial score (nSPS) is 12.9. The van der Waals surface area contributed by atoms with Gasteiger partial charge in [-0.2, -0.15) is 13.2 Å². The molecule has 2 aromatic rings. The molecule has 2 aromatic carbocycles. The largest absolute Gasteiger partial charge is 0.480 e. The highest BCUT2D eigenvalue weighted by Crippen LogP contribution is 2.24. The van der Waals surface area contributed by atoms with Crippen molar-refractivity contribution < 1.29 is 27.9 Å². The van der Waals surface area contributed by atoms with E-state index in [4.69, 9.17) is 5.11 Å². The van der Waals surface area contributed by atoms with E-state index < -0.39 is 24.1 Å². The van der Waals surface area contributed by atoms with E-state index in [1.54, 1.807) is 24.3 Å². The number of rotatable bonds is 4. The Kier molecular flexibility index (Phi) is 4.58. The predicted octanol–water partition coefficient (Wildman–Crippen LogP) is 2.82. The molecule has 0 radical (unpaired) electrons. The van der Waals surface area contributed by atoms with Gasteiger partial charge in [-0.05, 0) is 28.8 Å². The summed E-state index contributed by atoms with van der Waals surface area (Å²) in [6.45, 7) is 1.88. The maximum atomic E-state index is 12.3.